The van der Waals surface area contributed by atoms with E-state index in [9.17, 15) is 19.8 Å². The number of carboxylic acid groups (broad SMARTS) is 1. The number of carbonyl (C=O) groups is 2. The van der Waals surface area contributed by atoms with Gasteiger partial charge in [-0.05, 0) is 12.1 Å². The van der Waals surface area contributed by atoms with Gasteiger partial charge in [0.05, 0.1) is 25.1 Å². The molecule has 0 aliphatic carbocycles. The SMILES string of the molecule is O=C(O)[C@H]1[C@@H]2C=C[C@]3(CN(C[C@H](O)COc4ccccc4)C(=O)[C@@H]13)O2. The van der Waals surface area contributed by atoms with Crippen LogP contribution in [0.3, 0.4) is 0 Å². The van der Waals surface area contributed by atoms with E-state index in [1.165, 1.54) is 4.90 Å². The molecule has 0 radical (unpaired) electrons. The van der Waals surface area contributed by atoms with E-state index in [-0.39, 0.29) is 25.6 Å². The topological polar surface area (TPSA) is 96.3 Å². The average Bonchev–Trinajstić information content (AvgIpc) is 3.22. The Hall–Kier alpha value is -2.38. The first kappa shape index (κ1) is 16.1. The number of benzene rings is 1. The van der Waals surface area contributed by atoms with Crippen molar-refractivity contribution in [2.75, 3.05) is 19.7 Å². The number of β-amino-alcohol motifs (C(OH)–C–C–N with tert-alkyl or cyclic N) is 1. The first-order valence-corrected chi connectivity index (χ1v) is 8.25. The quantitative estimate of drug-likeness (QED) is 0.720. The molecule has 7 nitrogen and oxygen atoms in total. The van der Waals surface area contributed by atoms with Crippen LogP contribution in [0.25, 0.3) is 0 Å². The lowest BCUT2D eigenvalue weighted by atomic mass is 9.77. The summed E-state index contributed by atoms with van der Waals surface area (Å²) in [5.41, 5.74) is -0.870. The van der Waals surface area contributed by atoms with Crippen LogP contribution in [0.4, 0.5) is 0 Å². The summed E-state index contributed by atoms with van der Waals surface area (Å²) < 4.78 is 11.3. The van der Waals surface area contributed by atoms with Gasteiger partial charge in [0.2, 0.25) is 5.91 Å². The van der Waals surface area contributed by atoms with Crippen LogP contribution < -0.4 is 4.74 Å². The molecule has 1 amide bonds. The fraction of sp³-hybridized carbons (Fsp3) is 0.444. The summed E-state index contributed by atoms with van der Waals surface area (Å²) in [5, 5.41) is 19.6. The molecule has 2 fully saturated rings. The fourth-order valence-electron chi connectivity index (χ4n) is 4.03. The molecule has 0 aromatic heterocycles. The molecule has 1 spiro atoms. The summed E-state index contributed by atoms with van der Waals surface area (Å²) >= 11 is 0. The van der Waals surface area contributed by atoms with E-state index in [0.29, 0.717) is 5.75 Å². The molecule has 5 atom stereocenters. The monoisotopic (exact) mass is 345 g/mol. The first-order chi connectivity index (χ1) is 12.0. The normalized spacial score (nSPS) is 33.6. The van der Waals surface area contributed by atoms with Crippen molar-refractivity contribution in [2.24, 2.45) is 11.8 Å². The van der Waals surface area contributed by atoms with Gasteiger partial charge < -0.3 is 24.6 Å². The Morgan fingerprint density at radius 1 is 1.40 bits per heavy atom. The molecule has 2 saturated heterocycles. The molecule has 25 heavy (non-hydrogen) atoms. The number of aliphatic hydroxyl groups is 1. The van der Waals surface area contributed by atoms with Gasteiger partial charge in [0, 0.05) is 0 Å². The van der Waals surface area contributed by atoms with Crippen LogP contribution in [0.5, 0.6) is 5.75 Å². The van der Waals surface area contributed by atoms with Crippen LogP contribution in [-0.4, -0.2) is 64.5 Å². The summed E-state index contributed by atoms with van der Waals surface area (Å²) in [6, 6.07) is 9.10. The zero-order chi connectivity index (χ0) is 17.6. The number of rotatable bonds is 6. The average molecular weight is 345 g/mol. The van der Waals surface area contributed by atoms with E-state index >= 15 is 0 Å². The van der Waals surface area contributed by atoms with Crippen molar-refractivity contribution in [3.63, 3.8) is 0 Å². The van der Waals surface area contributed by atoms with Gasteiger partial charge in [-0.25, -0.2) is 0 Å². The summed E-state index contributed by atoms with van der Waals surface area (Å²) in [5.74, 6) is -2.24. The second-order valence-electron chi connectivity index (χ2n) is 6.73. The number of ether oxygens (including phenoxy) is 2. The zero-order valence-corrected chi connectivity index (χ0v) is 13.4. The maximum Gasteiger partial charge on any atom is 0.310 e. The molecular formula is C18H19NO6. The number of para-hydroxylation sites is 1. The third kappa shape index (κ3) is 2.60. The van der Waals surface area contributed by atoms with E-state index in [4.69, 9.17) is 9.47 Å². The van der Waals surface area contributed by atoms with Gasteiger partial charge in [-0.3, -0.25) is 9.59 Å². The predicted octanol–water partition coefficient (Wildman–Crippen LogP) is 0.293. The number of carbonyl (C=O) groups excluding carboxylic acids is 1. The number of fused-ring (bicyclic) bond motifs is 1. The van der Waals surface area contributed by atoms with Crippen molar-refractivity contribution in [3.8, 4) is 5.75 Å². The molecule has 0 saturated carbocycles. The van der Waals surface area contributed by atoms with Gasteiger partial charge in [0.15, 0.2) is 0 Å². The van der Waals surface area contributed by atoms with Gasteiger partial charge >= 0.3 is 5.97 Å². The Kier molecular flexibility index (Phi) is 3.77. The van der Waals surface area contributed by atoms with Crippen LogP contribution in [0.15, 0.2) is 42.5 Å². The highest BCUT2D eigenvalue weighted by molar-refractivity contribution is 5.90. The summed E-state index contributed by atoms with van der Waals surface area (Å²) in [6.45, 7) is 0.390. The second-order valence-corrected chi connectivity index (χ2v) is 6.73. The lowest BCUT2D eigenvalue weighted by molar-refractivity contribution is -0.148. The zero-order valence-electron chi connectivity index (χ0n) is 13.4. The highest BCUT2D eigenvalue weighted by Gasteiger charge is 2.67. The van der Waals surface area contributed by atoms with Gasteiger partial charge in [0.25, 0.3) is 0 Å². The maximum absolute atomic E-state index is 12.7. The molecule has 3 heterocycles. The van der Waals surface area contributed by atoms with E-state index in [0.717, 1.165) is 0 Å². The first-order valence-electron chi connectivity index (χ1n) is 8.25. The van der Waals surface area contributed by atoms with Gasteiger partial charge in [-0.1, -0.05) is 30.4 Å². The van der Waals surface area contributed by atoms with Crippen LogP contribution in [0.2, 0.25) is 0 Å². The van der Waals surface area contributed by atoms with Gasteiger partial charge in [0.1, 0.15) is 30.0 Å². The van der Waals surface area contributed by atoms with Crippen molar-refractivity contribution >= 4 is 11.9 Å². The lowest BCUT2D eigenvalue weighted by Gasteiger charge is -2.23. The molecular weight excluding hydrogens is 326 g/mol. The molecule has 1 aromatic rings. The predicted molar refractivity (Wildman–Crippen MR) is 85.9 cm³/mol. The number of carboxylic acids is 1. The van der Waals surface area contributed by atoms with E-state index in [2.05, 4.69) is 0 Å². The summed E-state index contributed by atoms with van der Waals surface area (Å²) in [4.78, 5) is 25.7. The molecule has 132 valence electrons. The number of hydrogen-bond acceptors (Lipinski definition) is 5. The van der Waals surface area contributed by atoms with Crippen molar-refractivity contribution in [3.05, 3.63) is 42.5 Å². The maximum atomic E-state index is 12.7. The number of aliphatic carboxylic acids is 1. The highest BCUT2D eigenvalue weighted by Crippen LogP contribution is 2.51. The number of aliphatic hydroxyl groups excluding tert-OH is 1. The largest absolute Gasteiger partial charge is 0.491 e. The minimum atomic E-state index is -1.02. The smallest absolute Gasteiger partial charge is 0.310 e. The van der Waals surface area contributed by atoms with Crippen LogP contribution in [0.1, 0.15) is 0 Å². The van der Waals surface area contributed by atoms with Crippen molar-refractivity contribution in [1.29, 1.82) is 0 Å². The number of hydrogen-bond donors (Lipinski definition) is 2. The van der Waals surface area contributed by atoms with E-state index in [1.54, 1.807) is 24.3 Å². The molecule has 1 aromatic carbocycles. The summed E-state index contributed by atoms with van der Waals surface area (Å²) in [6.07, 6.45) is 2.11. The third-order valence-corrected chi connectivity index (χ3v) is 5.08. The van der Waals surface area contributed by atoms with E-state index in [1.807, 2.05) is 18.2 Å². The third-order valence-electron chi connectivity index (χ3n) is 5.08. The number of nitrogens with zero attached hydrogens (tertiary/aromatic N) is 1. The molecule has 0 unspecified atom stereocenters. The standard InChI is InChI=1S/C18H19NO6/c20-11(9-24-12-4-2-1-3-5-12)8-19-10-18-7-6-13(25-18)14(17(22)23)15(18)16(19)21/h1-7,11,13-15,20H,8-10H2,(H,22,23)/t11-,13-,14-,15+,18+/m0/s1. The Morgan fingerprint density at radius 2 is 2.16 bits per heavy atom. The minimum Gasteiger partial charge on any atom is -0.491 e. The Balaban J connectivity index is 1.40. The second kappa shape index (κ2) is 5.86. The highest BCUT2D eigenvalue weighted by atomic mass is 16.5. The molecule has 3 aliphatic heterocycles. The van der Waals surface area contributed by atoms with Crippen molar-refractivity contribution in [2.45, 2.75) is 17.8 Å². The lowest BCUT2D eigenvalue weighted by Crippen LogP contribution is -2.40. The van der Waals surface area contributed by atoms with E-state index < -0.39 is 35.6 Å². The Labute approximate surface area is 144 Å². The molecule has 3 aliphatic rings. The van der Waals surface area contributed by atoms with Crippen molar-refractivity contribution in [1.82, 2.24) is 4.90 Å². The molecule has 4 rings (SSSR count). The molecule has 2 N–H and O–H groups in total. The van der Waals surface area contributed by atoms with Gasteiger partial charge in [-0.15, -0.1) is 0 Å². The number of likely N-dealkylation sites (tertiary alicyclic amines) is 1. The van der Waals surface area contributed by atoms with Crippen LogP contribution in [-0.2, 0) is 14.3 Å². The summed E-state index contributed by atoms with van der Waals surface area (Å²) in [7, 11) is 0. The van der Waals surface area contributed by atoms with Crippen molar-refractivity contribution < 1.29 is 29.3 Å². The Morgan fingerprint density at radius 3 is 2.88 bits per heavy atom. The Bertz CT molecular complexity index is 720. The molecule has 7 heteroatoms. The molecule has 2 bridgehead atoms. The van der Waals surface area contributed by atoms with Crippen LogP contribution in [0, 0.1) is 11.8 Å². The fourth-order valence-corrected chi connectivity index (χ4v) is 4.03. The van der Waals surface area contributed by atoms with Crippen LogP contribution >= 0.6 is 0 Å². The number of amides is 1. The van der Waals surface area contributed by atoms with Gasteiger partial charge in [-0.2, -0.15) is 0 Å². The minimum absolute atomic E-state index is 0.0488.